The Morgan fingerprint density at radius 2 is 1.96 bits per heavy atom. The SMILES string of the molecule is COc1ccc(C(=O)NCCCn2nc(C)c(Br)c2C)cc1OC. The second kappa shape index (κ2) is 8.19. The van der Waals surface area contributed by atoms with Crippen molar-refractivity contribution in [3.05, 3.63) is 39.6 Å². The number of halogens is 1. The molecule has 1 amide bonds. The van der Waals surface area contributed by atoms with Gasteiger partial charge in [-0.1, -0.05) is 0 Å². The van der Waals surface area contributed by atoms with Crippen LogP contribution >= 0.6 is 15.9 Å². The zero-order valence-electron chi connectivity index (χ0n) is 14.4. The summed E-state index contributed by atoms with van der Waals surface area (Å²) in [6.07, 6.45) is 0.799. The van der Waals surface area contributed by atoms with Gasteiger partial charge in [0.25, 0.3) is 5.91 Å². The van der Waals surface area contributed by atoms with Crippen LogP contribution in [0.5, 0.6) is 11.5 Å². The van der Waals surface area contributed by atoms with Crippen molar-refractivity contribution in [2.24, 2.45) is 0 Å². The summed E-state index contributed by atoms with van der Waals surface area (Å²) in [6, 6.07) is 5.11. The van der Waals surface area contributed by atoms with Crippen LogP contribution in [-0.2, 0) is 6.54 Å². The molecule has 0 saturated carbocycles. The molecule has 0 fully saturated rings. The van der Waals surface area contributed by atoms with Crippen LogP contribution in [0.4, 0.5) is 0 Å². The molecular formula is C17H22BrN3O3. The molecule has 1 N–H and O–H groups in total. The monoisotopic (exact) mass is 395 g/mol. The molecule has 0 radical (unpaired) electrons. The quantitative estimate of drug-likeness (QED) is 0.731. The fourth-order valence-corrected chi connectivity index (χ4v) is 2.69. The van der Waals surface area contributed by atoms with Gasteiger partial charge in [-0.3, -0.25) is 9.48 Å². The van der Waals surface area contributed by atoms with Crippen LogP contribution in [0.2, 0.25) is 0 Å². The summed E-state index contributed by atoms with van der Waals surface area (Å²) < 4.78 is 13.4. The van der Waals surface area contributed by atoms with Crippen molar-refractivity contribution < 1.29 is 14.3 Å². The van der Waals surface area contributed by atoms with Crippen LogP contribution in [0.3, 0.4) is 0 Å². The maximum absolute atomic E-state index is 12.2. The van der Waals surface area contributed by atoms with Crippen molar-refractivity contribution in [1.29, 1.82) is 0 Å². The van der Waals surface area contributed by atoms with E-state index in [0.717, 1.165) is 28.8 Å². The highest BCUT2D eigenvalue weighted by molar-refractivity contribution is 9.10. The highest BCUT2D eigenvalue weighted by Gasteiger charge is 2.11. The lowest BCUT2D eigenvalue weighted by atomic mass is 10.2. The molecule has 6 nitrogen and oxygen atoms in total. The van der Waals surface area contributed by atoms with Gasteiger partial charge in [0.1, 0.15) is 0 Å². The molecule has 0 aliphatic heterocycles. The molecule has 0 spiro atoms. The van der Waals surface area contributed by atoms with E-state index in [1.165, 1.54) is 0 Å². The molecule has 0 unspecified atom stereocenters. The molecule has 130 valence electrons. The Balaban J connectivity index is 1.88. The van der Waals surface area contributed by atoms with E-state index in [4.69, 9.17) is 9.47 Å². The molecule has 7 heteroatoms. The number of amides is 1. The number of hydrogen-bond donors (Lipinski definition) is 1. The third-order valence-electron chi connectivity index (χ3n) is 3.77. The Bertz CT molecular complexity index is 728. The first-order valence-corrected chi connectivity index (χ1v) is 8.47. The van der Waals surface area contributed by atoms with Gasteiger partial charge in [-0.15, -0.1) is 0 Å². The van der Waals surface area contributed by atoms with Gasteiger partial charge in [-0.25, -0.2) is 0 Å². The zero-order valence-corrected chi connectivity index (χ0v) is 15.9. The molecule has 2 aromatic rings. The van der Waals surface area contributed by atoms with Gasteiger partial charge in [0.15, 0.2) is 11.5 Å². The summed E-state index contributed by atoms with van der Waals surface area (Å²) >= 11 is 3.51. The summed E-state index contributed by atoms with van der Waals surface area (Å²) in [5.41, 5.74) is 2.61. The molecule has 0 aliphatic carbocycles. The van der Waals surface area contributed by atoms with Gasteiger partial charge in [0.2, 0.25) is 0 Å². The average Bonchev–Trinajstić information content (AvgIpc) is 2.84. The number of aryl methyl sites for hydroxylation is 2. The standard InChI is InChI=1S/C17H22BrN3O3/c1-11-16(18)12(2)21(20-11)9-5-8-19-17(22)13-6-7-14(23-3)15(10-13)24-4/h6-7,10H,5,8-9H2,1-4H3,(H,19,22). The lowest BCUT2D eigenvalue weighted by molar-refractivity contribution is 0.0952. The minimum atomic E-state index is -0.134. The number of carbonyl (C=O) groups is 1. The van der Waals surface area contributed by atoms with E-state index in [-0.39, 0.29) is 5.91 Å². The Kier molecular flexibility index (Phi) is 6.25. The van der Waals surface area contributed by atoms with E-state index >= 15 is 0 Å². The van der Waals surface area contributed by atoms with Crippen LogP contribution < -0.4 is 14.8 Å². The number of aromatic nitrogens is 2. The predicted molar refractivity (Wildman–Crippen MR) is 95.9 cm³/mol. The molecule has 0 atom stereocenters. The number of carbonyl (C=O) groups excluding carboxylic acids is 1. The minimum Gasteiger partial charge on any atom is -0.493 e. The number of hydrogen-bond acceptors (Lipinski definition) is 4. The van der Waals surface area contributed by atoms with Gasteiger partial charge in [-0.05, 0) is 54.4 Å². The summed E-state index contributed by atoms with van der Waals surface area (Å²) in [6.45, 7) is 5.31. The van der Waals surface area contributed by atoms with E-state index in [1.807, 2.05) is 18.5 Å². The van der Waals surface area contributed by atoms with Gasteiger partial charge < -0.3 is 14.8 Å². The Morgan fingerprint density at radius 1 is 1.25 bits per heavy atom. The lowest BCUT2D eigenvalue weighted by Gasteiger charge is -2.10. The second-order valence-corrected chi connectivity index (χ2v) is 6.18. The van der Waals surface area contributed by atoms with Crippen molar-refractivity contribution in [3.8, 4) is 11.5 Å². The summed E-state index contributed by atoms with van der Waals surface area (Å²) in [5, 5.41) is 7.36. The predicted octanol–water partition coefficient (Wildman–Crippen LogP) is 3.10. The van der Waals surface area contributed by atoms with Gasteiger partial charge in [0, 0.05) is 24.3 Å². The maximum atomic E-state index is 12.2. The molecule has 1 aromatic carbocycles. The fraction of sp³-hybridized carbons (Fsp3) is 0.412. The largest absolute Gasteiger partial charge is 0.493 e. The highest BCUT2D eigenvalue weighted by Crippen LogP contribution is 2.27. The van der Waals surface area contributed by atoms with E-state index in [0.29, 0.717) is 23.6 Å². The van der Waals surface area contributed by atoms with Crippen LogP contribution in [0.25, 0.3) is 0 Å². The van der Waals surface area contributed by atoms with Crippen molar-refractivity contribution >= 4 is 21.8 Å². The number of nitrogens with one attached hydrogen (secondary N) is 1. The van der Waals surface area contributed by atoms with Crippen LogP contribution in [-0.4, -0.2) is 36.5 Å². The smallest absolute Gasteiger partial charge is 0.251 e. The molecule has 0 saturated heterocycles. The first-order chi connectivity index (χ1) is 11.5. The summed E-state index contributed by atoms with van der Waals surface area (Å²) in [5.74, 6) is 1.01. The molecule has 2 rings (SSSR count). The third-order valence-corrected chi connectivity index (χ3v) is 4.92. The molecule has 0 bridgehead atoms. The maximum Gasteiger partial charge on any atom is 0.251 e. The van der Waals surface area contributed by atoms with E-state index < -0.39 is 0 Å². The van der Waals surface area contributed by atoms with E-state index in [9.17, 15) is 4.79 Å². The van der Waals surface area contributed by atoms with Gasteiger partial charge >= 0.3 is 0 Å². The first-order valence-electron chi connectivity index (χ1n) is 7.67. The second-order valence-electron chi connectivity index (χ2n) is 5.39. The van der Waals surface area contributed by atoms with Crippen LogP contribution in [0, 0.1) is 13.8 Å². The first kappa shape index (κ1) is 18.3. The normalized spacial score (nSPS) is 10.5. The molecule has 24 heavy (non-hydrogen) atoms. The minimum absolute atomic E-state index is 0.134. The van der Waals surface area contributed by atoms with Crippen molar-refractivity contribution in [1.82, 2.24) is 15.1 Å². The molecule has 1 aromatic heterocycles. The van der Waals surface area contributed by atoms with Crippen LogP contribution in [0.1, 0.15) is 28.2 Å². The van der Waals surface area contributed by atoms with Crippen molar-refractivity contribution in [2.45, 2.75) is 26.8 Å². The number of rotatable bonds is 7. The summed E-state index contributed by atoms with van der Waals surface area (Å²) in [4.78, 5) is 12.2. The highest BCUT2D eigenvalue weighted by atomic mass is 79.9. The topological polar surface area (TPSA) is 65.4 Å². The zero-order chi connectivity index (χ0) is 17.7. The van der Waals surface area contributed by atoms with E-state index in [2.05, 4.69) is 26.3 Å². The van der Waals surface area contributed by atoms with Crippen LogP contribution in [0.15, 0.2) is 22.7 Å². The number of methoxy groups -OCH3 is 2. The van der Waals surface area contributed by atoms with Gasteiger partial charge in [-0.2, -0.15) is 5.10 Å². The third kappa shape index (κ3) is 4.08. The van der Waals surface area contributed by atoms with Gasteiger partial charge in [0.05, 0.1) is 24.4 Å². The molecule has 1 heterocycles. The number of benzene rings is 1. The van der Waals surface area contributed by atoms with E-state index in [1.54, 1.807) is 32.4 Å². The Morgan fingerprint density at radius 3 is 2.54 bits per heavy atom. The Hall–Kier alpha value is -2.02. The molecular weight excluding hydrogens is 374 g/mol. The Labute approximate surface area is 150 Å². The molecule has 0 aliphatic rings. The summed E-state index contributed by atoms with van der Waals surface area (Å²) in [7, 11) is 3.11. The number of ether oxygens (including phenoxy) is 2. The average molecular weight is 396 g/mol. The fourth-order valence-electron chi connectivity index (χ4n) is 2.40. The van der Waals surface area contributed by atoms with Crippen molar-refractivity contribution in [2.75, 3.05) is 20.8 Å². The van der Waals surface area contributed by atoms with Crippen molar-refractivity contribution in [3.63, 3.8) is 0 Å². The lowest BCUT2D eigenvalue weighted by Crippen LogP contribution is -2.25. The number of nitrogens with zero attached hydrogens (tertiary/aromatic N) is 2.